The SMILES string of the molecule is C=C(CNCCCCO)C(=O)O. The van der Waals surface area contributed by atoms with Gasteiger partial charge >= 0.3 is 5.97 Å². The molecule has 0 aromatic rings. The summed E-state index contributed by atoms with van der Waals surface area (Å²) in [6.07, 6.45) is 1.59. The maximum atomic E-state index is 10.2. The number of rotatable bonds is 7. The van der Waals surface area contributed by atoms with Gasteiger partial charge in [0.25, 0.3) is 0 Å². The number of hydrogen-bond acceptors (Lipinski definition) is 3. The van der Waals surface area contributed by atoms with Gasteiger partial charge in [0.2, 0.25) is 0 Å². The van der Waals surface area contributed by atoms with Gasteiger partial charge in [-0.05, 0) is 19.4 Å². The molecule has 0 radical (unpaired) electrons. The van der Waals surface area contributed by atoms with Crippen LogP contribution in [0.5, 0.6) is 0 Å². The molecule has 0 aliphatic heterocycles. The highest BCUT2D eigenvalue weighted by atomic mass is 16.4. The minimum absolute atomic E-state index is 0.166. The first-order chi connectivity index (χ1) is 5.68. The number of nitrogens with one attached hydrogen (secondary N) is 1. The van der Waals surface area contributed by atoms with E-state index in [0.717, 1.165) is 12.8 Å². The maximum absolute atomic E-state index is 10.2. The zero-order chi connectivity index (χ0) is 9.40. The fraction of sp³-hybridized carbons (Fsp3) is 0.625. The highest BCUT2D eigenvalue weighted by Crippen LogP contribution is 1.88. The average Bonchev–Trinajstić information content (AvgIpc) is 2.03. The van der Waals surface area contributed by atoms with Crippen molar-refractivity contribution in [3.8, 4) is 0 Å². The number of aliphatic hydroxyl groups excluding tert-OH is 1. The quantitative estimate of drug-likeness (QED) is 0.374. The summed E-state index contributed by atoms with van der Waals surface area (Å²) in [7, 11) is 0. The number of aliphatic hydroxyl groups is 1. The summed E-state index contributed by atoms with van der Waals surface area (Å²) in [4.78, 5) is 10.2. The third-order valence-electron chi connectivity index (χ3n) is 1.40. The fourth-order valence-corrected chi connectivity index (χ4v) is 0.677. The van der Waals surface area contributed by atoms with Crippen molar-refractivity contribution < 1.29 is 15.0 Å². The van der Waals surface area contributed by atoms with Crippen molar-refractivity contribution in [2.75, 3.05) is 19.7 Å². The molecule has 70 valence electrons. The second kappa shape index (κ2) is 6.82. The van der Waals surface area contributed by atoms with Crippen molar-refractivity contribution in [3.63, 3.8) is 0 Å². The Balaban J connectivity index is 3.20. The summed E-state index contributed by atoms with van der Waals surface area (Å²) < 4.78 is 0. The molecule has 0 bridgehead atoms. The van der Waals surface area contributed by atoms with E-state index in [4.69, 9.17) is 10.2 Å². The van der Waals surface area contributed by atoms with Crippen molar-refractivity contribution in [1.82, 2.24) is 5.32 Å². The van der Waals surface area contributed by atoms with Gasteiger partial charge in [0.15, 0.2) is 0 Å². The van der Waals surface area contributed by atoms with Crippen LogP contribution in [-0.4, -0.2) is 35.9 Å². The van der Waals surface area contributed by atoms with Gasteiger partial charge in [-0.15, -0.1) is 0 Å². The van der Waals surface area contributed by atoms with Crippen molar-refractivity contribution in [3.05, 3.63) is 12.2 Å². The van der Waals surface area contributed by atoms with E-state index in [1.807, 2.05) is 0 Å². The molecule has 0 aliphatic carbocycles. The van der Waals surface area contributed by atoms with Crippen LogP contribution in [0.2, 0.25) is 0 Å². The third-order valence-corrected chi connectivity index (χ3v) is 1.40. The van der Waals surface area contributed by atoms with E-state index in [1.54, 1.807) is 0 Å². The summed E-state index contributed by atoms with van der Waals surface area (Å²) in [6, 6.07) is 0. The molecule has 0 aliphatic rings. The number of carboxylic acid groups (broad SMARTS) is 1. The Morgan fingerprint density at radius 1 is 1.42 bits per heavy atom. The molecule has 0 heterocycles. The van der Waals surface area contributed by atoms with Gasteiger partial charge in [-0.2, -0.15) is 0 Å². The van der Waals surface area contributed by atoms with E-state index < -0.39 is 5.97 Å². The summed E-state index contributed by atoms with van der Waals surface area (Å²) in [5.41, 5.74) is 0.166. The first kappa shape index (κ1) is 11.1. The molecule has 4 heteroatoms. The van der Waals surface area contributed by atoms with Gasteiger partial charge in [-0.25, -0.2) is 4.79 Å². The van der Waals surface area contributed by atoms with Gasteiger partial charge in [0, 0.05) is 18.7 Å². The van der Waals surface area contributed by atoms with Crippen LogP contribution in [0.25, 0.3) is 0 Å². The summed E-state index contributed by atoms with van der Waals surface area (Å²) in [5.74, 6) is -0.968. The van der Waals surface area contributed by atoms with E-state index in [2.05, 4.69) is 11.9 Å². The van der Waals surface area contributed by atoms with E-state index >= 15 is 0 Å². The molecule has 0 spiro atoms. The molecule has 0 unspecified atom stereocenters. The van der Waals surface area contributed by atoms with E-state index in [0.29, 0.717) is 13.1 Å². The Morgan fingerprint density at radius 2 is 2.08 bits per heavy atom. The normalized spacial score (nSPS) is 9.75. The van der Waals surface area contributed by atoms with E-state index in [9.17, 15) is 4.79 Å². The number of carbonyl (C=O) groups is 1. The Hall–Kier alpha value is -0.870. The van der Waals surface area contributed by atoms with E-state index in [-0.39, 0.29) is 12.2 Å². The van der Waals surface area contributed by atoms with Gasteiger partial charge < -0.3 is 15.5 Å². The van der Waals surface area contributed by atoms with Gasteiger partial charge in [-0.1, -0.05) is 6.58 Å². The van der Waals surface area contributed by atoms with Crippen LogP contribution >= 0.6 is 0 Å². The molecule has 0 aromatic carbocycles. The molecule has 0 rings (SSSR count). The van der Waals surface area contributed by atoms with Crippen LogP contribution in [0.1, 0.15) is 12.8 Å². The average molecular weight is 173 g/mol. The molecular formula is C8H15NO3. The van der Waals surface area contributed by atoms with E-state index in [1.165, 1.54) is 0 Å². The van der Waals surface area contributed by atoms with Gasteiger partial charge in [-0.3, -0.25) is 0 Å². The molecule has 0 saturated heterocycles. The number of carboxylic acids is 1. The molecular weight excluding hydrogens is 158 g/mol. The lowest BCUT2D eigenvalue weighted by Crippen LogP contribution is -2.21. The van der Waals surface area contributed by atoms with Crippen molar-refractivity contribution in [1.29, 1.82) is 0 Å². The summed E-state index contributed by atoms with van der Waals surface area (Å²) >= 11 is 0. The monoisotopic (exact) mass is 173 g/mol. The predicted molar refractivity (Wildman–Crippen MR) is 46.0 cm³/mol. The Kier molecular flexibility index (Phi) is 6.32. The lowest BCUT2D eigenvalue weighted by molar-refractivity contribution is -0.132. The van der Waals surface area contributed by atoms with Gasteiger partial charge in [0.1, 0.15) is 0 Å². The lowest BCUT2D eigenvalue weighted by atomic mass is 10.3. The molecule has 12 heavy (non-hydrogen) atoms. The molecule has 4 nitrogen and oxygen atoms in total. The lowest BCUT2D eigenvalue weighted by Gasteiger charge is -2.02. The van der Waals surface area contributed by atoms with Crippen molar-refractivity contribution >= 4 is 5.97 Å². The number of hydrogen-bond donors (Lipinski definition) is 3. The Labute approximate surface area is 71.9 Å². The largest absolute Gasteiger partial charge is 0.478 e. The zero-order valence-electron chi connectivity index (χ0n) is 7.05. The minimum atomic E-state index is -0.968. The fourth-order valence-electron chi connectivity index (χ4n) is 0.677. The van der Waals surface area contributed by atoms with Crippen LogP contribution in [0.4, 0.5) is 0 Å². The highest BCUT2D eigenvalue weighted by Gasteiger charge is 2.01. The van der Waals surface area contributed by atoms with Crippen LogP contribution in [0.3, 0.4) is 0 Å². The van der Waals surface area contributed by atoms with Crippen LogP contribution < -0.4 is 5.32 Å². The second-order valence-corrected chi connectivity index (χ2v) is 2.52. The minimum Gasteiger partial charge on any atom is -0.478 e. The molecule has 0 amide bonds. The Morgan fingerprint density at radius 3 is 2.58 bits per heavy atom. The summed E-state index contributed by atoms with van der Waals surface area (Å²) in [5, 5.41) is 19.7. The van der Waals surface area contributed by atoms with Crippen molar-refractivity contribution in [2.45, 2.75) is 12.8 Å². The van der Waals surface area contributed by atoms with Crippen LogP contribution in [-0.2, 0) is 4.79 Å². The smallest absolute Gasteiger partial charge is 0.332 e. The molecule has 3 N–H and O–H groups in total. The number of unbranched alkanes of at least 4 members (excludes halogenated alkanes) is 1. The highest BCUT2D eigenvalue weighted by molar-refractivity contribution is 5.86. The molecule has 0 atom stereocenters. The second-order valence-electron chi connectivity index (χ2n) is 2.52. The first-order valence-electron chi connectivity index (χ1n) is 3.91. The zero-order valence-corrected chi connectivity index (χ0v) is 7.05. The van der Waals surface area contributed by atoms with Crippen molar-refractivity contribution in [2.24, 2.45) is 0 Å². The summed E-state index contributed by atoms with van der Waals surface area (Å²) in [6.45, 7) is 4.56. The number of aliphatic carboxylic acids is 1. The molecule has 0 saturated carbocycles. The molecule has 0 fully saturated rings. The Bertz CT molecular complexity index is 156. The van der Waals surface area contributed by atoms with Gasteiger partial charge in [0.05, 0.1) is 0 Å². The third kappa shape index (κ3) is 5.88. The topological polar surface area (TPSA) is 69.6 Å². The maximum Gasteiger partial charge on any atom is 0.332 e. The standard InChI is InChI=1S/C8H15NO3/c1-7(8(11)12)6-9-4-2-3-5-10/h9-10H,1-6H2,(H,11,12). The van der Waals surface area contributed by atoms with Crippen LogP contribution in [0, 0.1) is 0 Å². The first-order valence-corrected chi connectivity index (χ1v) is 3.91. The molecule has 0 aromatic heterocycles. The van der Waals surface area contributed by atoms with Crippen LogP contribution in [0.15, 0.2) is 12.2 Å². The predicted octanol–water partition coefficient (Wildman–Crippen LogP) is -0.0107.